The van der Waals surface area contributed by atoms with Crippen LogP contribution in [0, 0.1) is 0 Å². The van der Waals surface area contributed by atoms with Gasteiger partial charge in [-0.1, -0.05) is 0 Å². The average Bonchev–Trinajstić information content (AvgIpc) is 3.10. The maximum Gasteiger partial charge on any atom is 0.238 e. The van der Waals surface area contributed by atoms with E-state index in [0.717, 1.165) is 15.9 Å². The van der Waals surface area contributed by atoms with E-state index in [2.05, 4.69) is 15.6 Å². The normalized spacial score (nSPS) is 14.2. The second-order valence-electron chi connectivity index (χ2n) is 4.59. The van der Waals surface area contributed by atoms with Crippen molar-refractivity contribution in [1.29, 1.82) is 0 Å². The van der Waals surface area contributed by atoms with E-state index in [0.29, 0.717) is 12.5 Å². The van der Waals surface area contributed by atoms with E-state index in [1.807, 2.05) is 18.2 Å². The Balaban J connectivity index is 0.00000133. The molecule has 0 unspecified atom stereocenters. The zero-order valence-corrected chi connectivity index (χ0v) is 12.2. The van der Waals surface area contributed by atoms with E-state index < -0.39 is 0 Å². The lowest BCUT2D eigenvalue weighted by atomic mass is 10.3. The number of halogens is 1. The summed E-state index contributed by atoms with van der Waals surface area (Å²) in [6, 6.07) is 5.89. The summed E-state index contributed by atoms with van der Waals surface area (Å²) < 4.78 is 1.15. The fraction of sp³-hybridized carbons (Fsp3) is 0.385. The van der Waals surface area contributed by atoms with Crippen LogP contribution in [0.5, 0.6) is 0 Å². The fourth-order valence-electron chi connectivity index (χ4n) is 1.89. The van der Waals surface area contributed by atoms with Crippen LogP contribution in [-0.2, 0) is 4.79 Å². The number of nitrogens with zero attached hydrogens (tertiary/aromatic N) is 1. The highest BCUT2D eigenvalue weighted by molar-refractivity contribution is 7.18. The maximum absolute atomic E-state index is 11.5. The van der Waals surface area contributed by atoms with Crippen molar-refractivity contribution < 1.29 is 4.79 Å². The molecule has 0 bridgehead atoms. The minimum atomic E-state index is -0.0243. The van der Waals surface area contributed by atoms with Crippen molar-refractivity contribution in [3.05, 3.63) is 23.2 Å². The van der Waals surface area contributed by atoms with Gasteiger partial charge in [0.15, 0.2) is 0 Å². The third-order valence-corrected chi connectivity index (χ3v) is 4.13. The van der Waals surface area contributed by atoms with Gasteiger partial charge in [0.2, 0.25) is 5.91 Å². The van der Waals surface area contributed by atoms with E-state index in [1.54, 1.807) is 18.4 Å². The van der Waals surface area contributed by atoms with Crippen LogP contribution in [0.3, 0.4) is 0 Å². The number of amides is 1. The molecule has 4 nitrogen and oxygen atoms in total. The topological polar surface area (TPSA) is 54.0 Å². The zero-order chi connectivity index (χ0) is 12.5. The first-order valence-corrected chi connectivity index (χ1v) is 6.93. The van der Waals surface area contributed by atoms with Crippen molar-refractivity contribution in [2.24, 2.45) is 0 Å². The van der Waals surface area contributed by atoms with Crippen molar-refractivity contribution in [3.63, 3.8) is 0 Å². The van der Waals surface area contributed by atoms with E-state index >= 15 is 0 Å². The molecule has 0 atom stereocenters. The molecule has 0 aliphatic heterocycles. The SMILES string of the molecule is CNCC(=O)Nc1ccc2nc(C3CC3)sc2c1.Cl. The van der Waals surface area contributed by atoms with Gasteiger partial charge in [0, 0.05) is 11.6 Å². The summed E-state index contributed by atoms with van der Waals surface area (Å²) in [4.78, 5) is 16.1. The van der Waals surface area contributed by atoms with Crippen LogP contribution < -0.4 is 10.6 Å². The molecule has 1 aromatic heterocycles. The Morgan fingerprint density at radius 1 is 1.47 bits per heavy atom. The molecule has 1 saturated carbocycles. The Labute approximate surface area is 122 Å². The second kappa shape index (κ2) is 5.86. The average molecular weight is 298 g/mol. The number of rotatable bonds is 4. The van der Waals surface area contributed by atoms with Gasteiger partial charge in [-0.25, -0.2) is 4.98 Å². The molecule has 1 heterocycles. The van der Waals surface area contributed by atoms with Crippen LogP contribution in [0.2, 0.25) is 0 Å². The Morgan fingerprint density at radius 3 is 2.95 bits per heavy atom. The molecule has 2 aromatic rings. The van der Waals surface area contributed by atoms with E-state index in [4.69, 9.17) is 0 Å². The van der Waals surface area contributed by atoms with Crippen molar-refractivity contribution in [3.8, 4) is 0 Å². The summed E-state index contributed by atoms with van der Waals surface area (Å²) in [6.45, 7) is 0.327. The van der Waals surface area contributed by atoms with Gasteiger partial charge in [0.05, 0.1) is 21.8 Å². The Morgan fingerprint density at radius 2 is 2.26 bits per heavy atom. The van der Waals surface area contributed by atoms with Gasteiger partial charge in [-0.2, -0.15) is 0 Å². The largest absolute Gasteiger partial charge is 0.325 e. The molecule has 1 aliphatic carbocycles. The van der Waals surface area contributed by atoms with Gasteiger partial charge in [0.25, 0.3) is 0 Å². The van der Waals surface area contributed by atoms with E-state index in [-0.39, 0.29) is 18.3 Å². The molecule has 0 radical (unpaired) electrons. The van der Waals surface area contributed by atoms with Gasteiger partial charge in [-0.3, -0.25) is 4.79 Å². The highest BCUT2D eigenvalue weighted by Gasteiger charge is 2.26. The molecule has 1 aromatic carbocycles. The summed E-state index contributed by atoms with van der Waals surface area (Å²) in [5.41, 5.74) is 1.88. The number of anilines is 1. The first-order chi connectivity index (χ1) is 8.76. The number of hydrogen-bond acceptors (Lipinski definition) is 4. The molecule has 3 rings (SSSR count). The van der Waals surface area contributed by atoms with Crippen LogP contribution in [0.15, 0.2) is 18.2 Å². The Hall–Kier alpha value is -1.17. The predicted octanol–water partition coefficient (Wildman–Crippen LogP) is 2.75. The minimum Gasteiger partial charge on any atom is -0.325 e. The number of carbonyl (C=O) groups is 1. The molecule has 2 N–H and O–H groups in total. The second-order valence-corrected chi connectivity index (χ2v) is 5.65. The Kier molecular flexibility index (Phi) is 4.39. The molecule has 19 heavy (non-hydrogen) atoms. The lowest BCUT2D eigenvalue weighted by molar-refractivity contribution is -0.115. The first-order valence-electron chi connectivity index (χ1n) is 6.11. The highest BCUT2D eigenvalue weighted by Crippen LogP contribution is 2.43. The van der Waals surface area contributed by atoms with Gasteiger partial charge in [-0.15, -0.1) is 23.7 Å². The zero-order valence-electron chi connectivity index (χ0n) is 10.6. The fourth-order valence-corrected chi connectivity index (χ4v) is 3.07. The third-order valence-electron chi connectivity index (χ3n) is 2.95. The smallest absolute Gasteiger partial charge is 0.238 e. The molecular formula is C13H16ClN3OS. The summed E-state index contributed by atoms with van der Waals surface area (Å²) in [5, 5.41) is 6.94. The van der Waals surface area contributed by atoms with E-state index in [1.165, 1.54) is 17.8 Å². The summed E-state index contributed by atoms with van der Waals surface area (Å²) in [7, 11) is 1.76. The molecule has 0 spiro atoms. The van der Waals surface area contributed by atoms with Gasteiger partial charge >= 0.3 is 0 Å². The highest BCUT2D eigenvalue weighted by atomic mass is 35.5. The van der Waals surface area contributed by atoms with Crippen molar-refractivity contribution in [2.45, 2.75) is 18.8 Å². The lowest BCUT2D eigenvalue weighted by Gasteiger charge is -2.03. The van der Waals surface area contributed by atoms with E-state index in [9.17, 15) is 4.79 Å². The molecule has 0 saturated heterocycles. The molecular weight excluding hydrogens is 282 g/mol. The number of carbonyl (C=O) groups excluding carboxylic acids is 1. The summed E-state index contributed by atoms with van der Waals surface area (Å²) >= 11 is 1.74. The molecule has 1 fully saturated rings. The summed E-state index contributed by atoms with van der Waals surface area (Å²) in [6.07, 6.45) is 2.54. The first kappa shape index (κ1) is 14.2. The van der Waals surface area contributed by atoms with Crippen molar-refractivity contribution >= 4 is 45.6 Å². The van der Waals surface area contributed by atoms with Gasteiger partial charge < -0.3 is 10.6 Å². The lowest BCUT2D eigenvalue weighted by Crippen LogP contribution is -2.24. The quantitative estimate of drug-likeness (QED) is 0.912. The number of hydrogen-bond donors (Lipinski definition) is 2. The summed E-state index contributed by atoms with van der Waals surface area (Å²) in [5.74, 6) is 0.661. The number of aromatic nitrogens is 1. The number of nitrogens with one attached hydrogen (secondary N) is 2. The predicted molar refractivity (Wildman–Crippen MR) is 81.4 cm³/mol. The van der Waals surface area contributed by atoms with Crippen LogP contribution in [0.1, 0.15) is 23.8 Å². The number of thiazole rings is 1. The number of likely N-dealkylation sites (N-methyl/N-ethyl adjacent to an activating group) is 1. The monoisotopic (exact) mass is 297 g/mol. The van der Waals surface area contributed by atoms with Crippen molar-refractivity contribution in [1.82, 2.24) is 10.3 Å². The number of fused-ring (bicyclic) bond motifs is 1. The molecule has 1 aliphatic rings. The maximum atomic E-state index is 11.5. The van der Waals surface area contributed by atoms with Crippen molar-refractivity contribution in [2.75, 3.05) is 18.9 Å². The van der Waals surface area contributed by atoms with Crippen LogP contribution in [-0.4, -0.2) is 24.5 Å². The standard InChI is InChI=1S/C13H15N3OS.ClH/c1-14-7-12(17)15-9-4-5-10-11(6-9)18-13(16-10)8-2-3-8;/h4-6,8,14H,2-3,7H2,1H3,(H,15,17);1H. The van der Waals surface area contributed by atoms with Gasteiger partial charge in [-0.05, 0) is 38.1 Å². The number of benzene rings is 1. The minimum absolute atomic E-state index is 0. The van der Waals surface area contributed by atoms with Crippen LogP contribution >= 0.6 is 23.7 Å². The molecule has 6 heteroatoms. The molecule has 102 valence electrons. The third kappa shape index (κ3) is 3.23. The van der Waals surface area contributed by atoms with Crippen LogP contribution in [0.4, 0.5) is 5.69 Å². The molecule has 1 amide bonds. The Bertz CT molecular complexity index is 595. The van der Waals surface area contributed by atoms with Crippen LogP contribution in [0.25, 0.3) is 10.2 Å². The van der Waals surface area contributed by atoms with Gasteiger partial charge in [0.1, 0.15) is 0 Å².